The molecule has 1 heterocycles. The second kappa shape index (κ2) is 7.96. The molecule has 130 valence electrons. The fourth-order valence-electron chi connectivity index (χ4n) is 2.55. The summed E-state index contributed by atoms with van der Waals surface area (Å²) in [5.74, 6) is -0.0803. The molecule has 1 aliphatic heterocycles. The Morgan fingerprint density at radius 1 is 1.00 bits per heavy atom. The van der Waals surface area contributed by atoms with E-state index in [2.05, 4.69) is 6.58 Å². The molecular formula is C20H20O5. The number of benzene rings is 2. The van der Waals surface area contributed by atoms with Crippen LogP contribution in [0.25, 0.3) is 0 Å². The van der Waals surface area contributed by atoms with E-state index >= 15 is 0 Å². The molecule has 1 aliphatic rings. The fraction of sp³-hybridized carbons (Fsp3) is 0.250. The van der Waals surface area contributed by atoms with Crippen molar-refractivity contribution in [3.63, 3.8) is 0 Å². The SMILES string of the molecule is C=C1CC(c2ccc(COCOCc3ccc(O)cc3)cc2)OC1=O. The van der Waals surface area contributed by atoms with Crippen LogP contribution >= 0.6 is 0 Å². The summed E-state index contributed by atoms with van der Waals surface area (Å²) in [6.07, 6.45) is 0.309. The molecule has 5 heteroatoms. The summed E-state index contributed by atoms with van der Waals surface area (Å²) in [5.41, 5.74) is 3.46. The van der Waals surface area contributed by atoms with Crippen LogP contribution in [-0.2, 0) is 32.2 Å². The van der Waals surface area contributed by atoms with E-state index in [1.54, 1.807) is 24.3 Å². The predicted molar refractivity (Wildman–Crippen MR) is 91.6 cm³/mol. The molecule has 25 heavy (non-hydrogen) atoms. The van der Waals surface area contributed by atoms with E-state index in [0.29, 0.717) is 25.2 Å². The summed E-state index contributed by atoms with van der Waals surface area (Å²) < 4.78 is 16.2. The molecule has 0 spiro atoms. The zero-order valence-electron chi connectivity index (χ0n) is 13.8. The van der Waals surface area contributed by atoms with Gasteiger partial charge in [-0.05, 0) is 28.8 Å². The lowest BCUT2D eigenvalue weighted by Gasteiger charge is -2.10. The topological polar surface area (TPSA) is 65.0 Å². The number of phenolic OH excluding ortho intramolecular Hbond substituents is 1. The van der Waals surface area contributed by atoms with Gasteiger partial charge in [-0.2, -0.15) is 0 Å². The zero-order valence-corrected chi connectivity index (χ0v) is 13.8. The predicted octanol–water partition coefficient (Wildman–Crippen LogP) is 3.63. The summed E-state index contributed by atoms with van der Waals surface area (Å²) in [6.45, 7) is 4.74. The van der Waals surface area contributed by atoms with Crippen LogP contribution in [0.2, 0.25) is 0 Å². The van der Waals surface area contributed by atoms with Crippen LogP contribution < -0.4 is 0 Å². The highest BCUT2D eigenvalue weighted by Crippen LogP contribution is 2.32. The molecule has 1 saturated heterocycles. The van der Waals surface area contributed by atoms with Crippen LogP contribution in [-0.4, -0.2) is 17.9 Å². The highest BCUT2D eigenvalue weighted by molar-refractivity contribution is 5.90. The lowest BCUT2D eigenvalue weighted by molar-refractivity contribution is -0.139. The quantitative estimate of drug-likeness (QED) is 0.361. The second-order valence-corrected chi connectivity index (χ2v) is 5.92. The molecule has 1 atom stereocenters. The van der Waals surface area contributed by atoms with Crippen molar-refractivity contribution in [2.75, 3.05) is 6.79 Å². The first-order chi connectivity index (χ1) is 12.1. The molecule has 1 fully saturated rings. The Hall–Kier alpha value is -2.63. The summed E-state index contributed by atoms with van der Waals surface area (Å²) >= 11 is 0. The third kappa shape index (κ3) is 4.68. The zero-order chi connectivity index (χ0) is 17.6. The van der Waals surface area contributed by atoms with Crippen molar-refractivity contribution in [2.24, 2.45) is 0 Å². The first kappa shape index (κ1) is 17.2. The highest BCUT2D eigenvalue weighted by Gasteiger charge is 2.28. The van der Waals surface area contributed by atoms with E-state index in [1.807, 2.05) is 24.3 Å². The lowest BCUT2D eigenvalue weighted by atomic mass is 10.0. The first-order valence-electron chi connectivity index (χ1n) is 8.03. The third-order valence-corrected chi connectivity index (χ3v) is 3.96. The molecule has 0 aliphatic carbocycles. The van der Waals surface area contributed by atoms with Gasteiger partial charge in [0, 0.05) is 12.0 Å². The van der Waals surface area contributed by atoms with Crippen molar-refractivity contribution < 1.29 is 24.1 Å². The van der Waals surface area contributed by atoms with E-state index in [0.717, 1.165) is 16.7 Å². The Morgan fingerprint density at radius 2 is 1.56 bits per heavy atom. The molecule has 0 aromatic heterocycles. The number of carbonyl (C=O) groups excluding carboxylic acids is 1. The first-order valence-corrected chi connectivity index (χ1v) is 8.03. The number of hydrogen-bond acceptors (Lipinski definition) is 5. The Balaban J connectivity index is 1.39. The monoisotopic (exact) mass is 340 g/mol. The van der Waals surface area contributed by atoms with E-state index in [-0.39, 0.29) is 24.6 Å². The minimum absolute atomic E-state index is 0.183. The average Bonchev–Trinajstić information content (AvgIpc) is 2.96. The number of carbonyl (C=O) groups is 1. The van der Waals surface area contributed by atoms with Gasteiger partial charge in [0.25, 0.3) is 0 Å². The minimum atomic E-state index is -0.316. The molecule has 2 aromatic rings. The lowest BCUT2D eigenvalue weighted by Crippen LogP contribution is -2.02. The number of phenols is 1. The van der Waals surface area contributed by atoms with Gasteiger partial charge in [0.15, 0.2) is 0 Å². The van der Waals surface area contributed by atoms with E-state index in [1.165, 1.54) is 0 Å². The van der Waals surface area contributed by atoms with Crippen molar-refractivity contribution in [1.82, 2.24) is 0 Å². The number of esters is 1. The molecule has 0 saturated carbocycles. The maximum absolute atomic E-state index is 11.4. The molecule has 0 radical (unpaired) electrons. The molecule has 5 nitrogen and oxygen atoms in total. The van der Waals surface area contributed by atoms with Gasteiger partial charge in [-0.15, -0.1) is 0 Å². The molecule has 0 amide bonds. The Kier molecular flexibility index (Phi) is 5.48. The molecule has 1 unspecified atom stereocenters. The second-order valence-electron chi connectivity index (χ2n) is 5.92. The van der Waals surface area contributed by atoms with Gasteiger partial charge in [0.1, 0.15) is 18.6 Å². The van der Waals surface area contributed by atoms with Gasteiger partial charge in [0.2, 0.25) is 0 Å². The fourth-order valence-corrected chi connectivity index (χ4v) is 2.55. The third-order valence-electron chi connectivity index (χ3n) is 3.96. The molecular weight excluding hydrogens is 320 g/mol. The molecule has 1 N–H and O–H groups in total. The Morgan fingerprint density at radius 3 is 2.08 bits per heavy atom. The smallest absolute Gasteiger partial charge is 0.334 e. The summed E-state index contributed by atoms with van der Waals surface area (Å²) in [4.78, 5) is 11.4. The van der Waals surface area contributed by atoms with Gasteiger partial charge in [-0.25, -0.2) is 4.79 Å². The molecule has 2 aromatic carbocycles. The number of hydrogen-bond donors (Lipinski definition) is 1. The minimum Gasteiger partial charge on any atom is -0.508 e. The summed E-state index contributed by atoms with van der Waals surface area (Å²) in [7, 11) is 0. The maximum atomic E-state index is 11.4. The van der Waals surface area contributed by atoms with Gasteiger partial charge in [-0.1, -0.05) is 43.0 Å². The number of rotatable bonds is 7. The maximum Gasteiger partial charge on any atom is 0.334 e. The van der Waals surface area contributed by atoms with Gasteiger partial charge < -0.3 is 19.3 Å². The molecule has 3 rings (SSSR count). The average molecular weight is 340 g/mol. The molecule has 0 bridgehead atoms. The van der Waals surface area contributed by atoms with Crippen molar-refractivity contribution in [3.05, 3.63) is 77.4 Å². The summed E-state index contributed by atoms with van der Waals surface area (Å²) in [6, 6.07) is 14.6. The Labute approximate surface area is 146 Å². The number of aromatic hydroxyl groups is 1. The number of ether oxygens (including phenoxy) is 3. The summed E-state index contributed by atoms with van der Waals surface area (Å²) in [5, 5.41) is 9.21. The van der Waals surface area contributed by atoms with E-state index in [4.69, 9.17) is 14.2 Å². The van der Waals surface area contributed by atoms with Crippen LogP contribution in [0.4, 0.5) is 0 Å². The van der Waals surface area contributed by atoms with Crippen LogP contribution in [0.3, 0.4) is 0 Å². The van der Waals surface area contributed by atoms with Crippen LogP contribution in [0.5, 0.6) is 5.75 Å². The van der Waals surface area contributed by atoms with Crippen LogP contribution in [0, 0.1) is 0 Å². The number of cyclic esters (lactones) is 1. The van der Waals surface area contributed by atoms with Crippen LogP contribution in [0.15, 0.2) is 60.7 Å². The standard InChI is InChI=1S/C20H20O5/c1-14-10-19(25-20(14)22)17-6-2-15(3-7-17)11-23-13-24-12-16-4-8-18(21)9-5-16/h2-9,19,21H,1,10-13H2. The highest BCUT2D eigenvalue weighted by atomic mass is 16.7. The van der Waals surface area contributed by atoms with Gasteiger partial charge in [-0.3, -0.25) is 0 Å². The largest absolute Gasteiger partial charge is 0.508 e. The van der Waals surface area contributed by atoms with Crippen molar-refractivity contribution in [2.45, 2.75) is 25.7 Å². The van der Waals surface area contributed by atoms with Crippen molar-refractivity contribution in [1.29, 1.82) is 0 Å². The van der Waals surface area contributed by atoms with Crippen molar-refractivity contribution >= 4 is 5.97 Å². The van der Waals surface area contributed by atoms with Crippen LogP contribution in [0.1, 0.15) is 29.2 Å². The van der Waals surface area contributed by atoms with E-state index in [9.17, 15) is 9.90 Å². The Bertz CT molecular complexity index is 718. The normalized spacial score (nSPS) is 16.9. The van der Waals surface area contributed by atoms with E-state index < -0.39 is 0 Å². The van der Waals surface area contributed by atoms with Gasteiger partial charge >= 0.3 is 5.97 Å². The van der Waals surface area contributed by atoms with Crippen molar-refractivity contribution in [3.8, 4) is 5.75 Å². The van der Waals surface area contributed by atoms with Gasteiger partial charge in [0.05, 0.1) is 13.2 Å².